The quantitative estimate of drug-likeness (QED) is 0.809. The van der Waals surface area contributed by atoms with Crippen LogP contribution in [0, 0.1) is 12.8 Å². The van der Waals surface area contributed by atoms with Crippen molar-refractivity contribution in [1.82, 2.24) is 15.6 Å². The molecule has 0 saturated carbocycles. The largest absolute Gasteiger partial charge is 0.387 e. The number of rotatable bonds is 4. The molecule has 1 heterocycles. The Labute approximate surface area is 142 Å². The van der Waals surface area contributed by atoms with Crippen molar-refractivity contribution in [2.24, 2.45) is 5.92 Å². The van der Waals surface area contributed by atoms with E-state index >= 15 is 0 Å². The van der Waals surface area contributed by atoms with Crippen LogP contribution >= 0.6 is 0 Å². The van der Waals surface area contributed by atoms with Crippen LogP contribution in [-0.2, 0) is 6.42 Å². The summed E-state index contributed by atoms with van der Waals surface area (Å²) in [5.41, 5.74) is 4.44. The summed E-state index contributed by atoms with van der Waals surface area (Å²) in [6.45, 7) is 4.37. The van der Waals surface area contributed by atoms with E-state index in [1.54, 1.807) is 24.5 Å². The highest BCUT2D eigenvalue weighted by atomic mass is 16.3. The number of hydrogen-bond donors (Lipinski definition) is 3. The van der Waals surface area contributed by atoms with Crippen molar-refractivity contribution in [1.29, 1.82) is 0 Å². The third-order valence-corrected chi connectivity index (χ3v) is 4.58. The van der Waals surface area contributed by atoms with Gasteiger partial charge in [-0.2, -0.15) is 0 Å². The van der Waals surface area contributed by atoms with E-state index in [0.717, 1.165) is 12.0 Å². The van der Waals surface area contributed by atoms with Crippen LogP contribution < -0.4 is 10.6 Å². The number of benzene rings is 1. The number of aliphatic hydroxyl groups is 1. The first-order valence-electron chi connectivity index (χ1n) is 8.26. The Balaban J connectivity index is 1.59. The van der Waals surface area contributed by atoms with Crippen LogP contribution in [0.4, 0.5) is 4.79 Å². The smallest absolute Gasteiger partial charge is 0.315 e. The van der Waals surface area contributed by atoms with Crippen molar-refractivity contribution < 1.29 is 9.90 Å². The number of aliphatic hydroxyl groups excluding tert-OH is 1. The Bertz CT molecular complexity index is 718. The number of aryl methyl sites for hydroxylation is 1. The summed E-state index contributed by atoms with van der Waals surface area (Å²) in [5.74, 6) is 0.359. The number of nitrogens with one attached hydrogen (secondary N) is 2. The van der Waals surface area contributed by atoms with E-state index in [-0.39, 0.29) is 18.6 Å². The topological polar surface area (TPSA) is 74.2 Å². The van der Waals surface area contributed by atoms with E-state index in [1.807, 2.05) is 0 Å². The highest BCUT2D eigenvalue weighted by molar-refractivity contribution is 5.74. The number of carbonyl (C=O) groups is 1. The Morgan fingerprint density at radius 2 is 2.08 bits per heavy atom. The molecule has 0 aliphatic heterocycles. The maximum atomic E-state index is 12.2. The van der Waals surface area contributed by atoms with Gasteiger partial charge in [-0.25, -0.2) is 4.79 Å². The first-order valence-corrected chi connectivity index (χ1v) is 8.26. The maximum absolute atomic E-state index is 12.2. The lowest BCUT2D eigenvalue weighted by molar-refractivity contribution is 0.172. The summed E-state index contributed by atoms with van der Waals surface area (Å²) in [6.07, 6.45) is 3.48. The Kier molecular flexibility index (Phi) is 4.81. The highest BCUT2D eigenvalue weighted by Crippen LogP contribution is 2.36. The first kappa shape index (κ1) is 16.5. The van der Waals surface area contributed by atoms with Crippen LogP contribution in [0.1, 0.15) is 41.3 Å². The van der Waals surface area contributed by atoms with Crippen molar-refractivity contribution in [3.05, 3.63) is 65.0 Å². The van der Waals surface area contributed by atoms with Crippen LogP contribution in [0.15, 0.2) is 42.7 Å². The van der Waals surface area contributed by atoms with E-state index in [0.29, 0.717) is 5.92 Å². The minimum Gasteiger partial charge on any atom is -0.387 e. The summed E-state index contributed by atoms with van der Waals surface area (Å²) >= 11 is 0. The second kappa shape index (κ2) is 7.01. The molecule has 1 aliphatic carbocycles. The van der Waals surface area contributed by atoms with E-state index in [9.17, 15) is 9.90 Å². The average Bonchev–Trinajstić information content (AvgIpc) is 2.89. The van der Waals surface area contributed by atoms with Crippen LogP contribution in [0.5, 0.6) is 0 Å². The summed E-state index contributed by atoms with van der Waals surface area (Å²) in [5, 5.41) is 15.9. The molecule has 126 valence electrons. The minimum atomic E-state index is -0.741. The molecule has 3 N–H and O–H groups in total. The van der Waals surface area contributed by atoms with Gasteiger partial charge in [-0.15, -0.1) is 0 Å². The molecule has 3 unspecified atom stereocenters. The lowest BCUT2D eigenvalue weighted by Crippen LogP contribution is -2.40. The predicted octanol–water partition coefficient (Wildman–Crippen LogP) is 2.66. The number of nitrogens with zero attached hydrogens (tertiary/aromatic N) is 1. The maximum Gasteiger partial charge on any atom is 0.315 e. The zero-order valence-corrected chi connectivity index (χ0v) is 14.0. The molecule has 5 heteroatoms. The van der Waals surface area contributed by atoms with E-state index < -0.39 is 6.10 Å². The molecule has 24 heavy (non-hydrogen) atoms. The van der Waals surface area contributed by atoms with Crippen molar-refractivity contribution in [3.8, 4) is 0 Å². The molecular formula is C19H23N3O2. The van der Waals surface area contributed by atoms with Gasteiger partial charge in [-0.3, -0.25) is 4.98 Å². The molecule has 2 amide bonds. The fraction of sp³-hybridized carbons (Fsp3) is 0.368. The van der Waals surface area contributed by atoms with E-state index in [4.69, 9.17) is 0 Å². The average molecular weight is 325 g/mol. The highest BCUT2D eigenvalue weighted by Gasteiger charge is 2.30. The number of amides is 2. The molecule has 5 nitrogen and oxygen atoms in total. The molecule has 0 radical (unpaired) electrons. The SMILES string of the molecule is Cc1ccc2c(c1)C(NC(=O)NCC(O)c1ccncc1)C(C)C2. The van der Waals surface area contributed by atoms with Crippen molar-refractivity contribution in [2.75, 3.05) is 6.54 Å². The van der Waals surface area contributed by atoms with Crippen LogP contribution in [0.25, 0.3) is 0 Å². The van der Waals surface area contributed by atoms with Gasteiger partial charge in [-0.05, 0) is 48.1 Å². The molecule has 0 fully saturated rings. The molecule has 0 spiro atoms. The normalized spacial score (nSPS) is 20.3. The monoisotopic (exact) mass is 325 g/mol. The van der Waals surface area contributed by atoms with Gasteiger partial charge in [0.2, 0.25) is 0 Å². The summed E-state index contributed by atoms with van der Waals surface area (Å²) in [6, 6.07) is 9.64. The minimum absolute atomic E-state index is 0.0120. The lowest BCUT2D eigenvalue weighted by Gasteiger charge is -2.20. The van der Waals surface area contributed by atoms with Gasteiger partial charge in [0, 0.05) is 18.9 Å². The van der Waals surface area contributed by atoms with Crippen molar-refractivity contribution in [2.45, 2.75) is 32.4 Å². The van der Waals surface area contributed by atoms with E-state index in [2.05, 4.69) is 47.7 Å². The standard InChI is InChI=1S/C19H23N3O2/c1-12-3-4-15-10-13(2)18(16(15)9-12)22-19(24)21-11-17(23)14-5-7-20-8-6-14/h3-9,13,17-18,23H,10-11H2,1-2H3,(H2,21,22,24). The summed E-state index contributed by atoms with van der Waals surface area (Å²) in [7, 11) is 0. The first-order chi connectivity index (χ1) is 11.5. The number of carbonyl (C=O) groups excluding carboxylic acids is 1. The summed E-state index contributed by atoms with van der Waals surface area (Å²) < 4.78 is 0. The van der Waals surface area contributed by atoms with Gasteiger partial charge in [0.25, 0.3) is 0 Å². The second-order valence-electron chi connectivity index (χ2n) is 6.51. The number of urea groups is 1. The van der Waals surface area contributed by atoms with Crippen molar-refractivity contribution >= 4 is 6.03 Å². The third kappa shape index (κ3) is 3.57. The van der Waals surface area contributed by atoms with Gasteiger partial charge in [0.1, 0.15) is 0 Å². The third-order valence-electron chi connectivity index (χ3n) is 4.58. The predicted molar refractivity (Wildman–Crippen MR) is 92.5 cm³/mol. The molecule has 1 aromatic carbocycles. The molecule has 0 bridgehead atoms. The molecular weight excluding hydrogens is 302 g/mol. The van der Waals surface area contributed by atoms with E-state index in [1.165, 1.54) is 16.7 Å². The molecule has 1 aliphatic rings. The zero-order valence-electron chi connectivity index (χ0n) is 14.0. The lowest BCUT2D eigenvalue weighted by atomic mass is 10.0. The molecule has 1 aromatic heterocycles. The zero-order chi connectivity index (χ0) is 17.1. The number of fused-ring (bicyclic) bond motifs is 1. The van der Waals surface area contributed by atoms with Crippen molar-refractivity contribution in [3.63, 3.8) is 0 Å². The second-order valence-corrected chi connectivity index (χ2v) is 6.51. The summed E-state index contributed by atoms with van der Waals surface area (Å²) in [4.78, 5) is 16.1. The Morgan fingerprint density at radius 1 is 1.33 bits per heavy atom. The van der Waals surface area contributed by atoms with Gasteiger partial charge in [-0.1, -0.05) is 30.7 Å². The fourth-order valence-corrected chi connectivity index (χ4v) is 3.27. The molecule has 3 rings (SSSR count). The number of pyridine rings is 1. The van der Waals surface area contributed by atoms with Crippen LogP contribution in [0.2, 0.25) is 0 Å². The Morgan fingerprint density at radius 3 is 2.83 bits per heavy atom. The number of hydrogen-bond acceptors (Lipinski definition) is 3. The molecule has 3 atom stereocenters. The molecule has 0 saturated heterocycles. The van der Waals surface area contributed by atoms with Gasteiger partial charge >= 0.3 is 6.03 Å². The van der Waals surface area contributed by atoms with Crippen LogP contribution in [-0.4, -0.2) is 22.7 Å². The Hall–Kier alpha value is -2.40. The van der Waals surface area contributed by atoms with Gasteiger partial charge in [0.05, 0.1) is 12.1 Å². The van der Waals surface area contributed by atoms with Gasteiger partial charge < -0.3 is 15.7 Å². The van der Waals surface area contributed by atoms with Gasteiger partial charge in [0.15, 0.2) is 0 Å². The fourth-order valence-electron chi connectivity index (χ4n) is 3.27. The number of aromatic nitrogens is 1. The van der Waals surface area contributed by atoms with Crippen LogP contribution in [0.3, 0.4) is 0 Å². The molecule has 2 aromatic rings.